The Morgan fingerprint density at radius 2 is 2.44 bits per heavy atom. The van der Waals surface area contributed by atoms with E-state index in [-0.39, 0.29) is 0 Å². The quantitative estimate of drug-likeness (QED) is 0.874. The van der Waals surface area contributed by atoms with Crippen LogP contribution in [0, 0.1) is 0 Å². The van der Waals surface area contributed by atoms with Gasteiger partial charge in [0.25, 0.3) is 0 Å². The van der Waals surface area contributed by atoms with E-state index in [0.717, 1.165) is 18.1 Å². The summed E-state index contributed by atoms with van der Waals surface area (Å²) in [6.45, 7) is 3.30. The number of aromatic nitrogens is 1. The maximum Gasteiger partial charge on any atom is 0.137 e. The lowest BCUT2D eigenvalue weighted by Crippen LogP contribution is -2.27. The third-order valence-corrected chi connectivity index (χ3v) is 4.45. The number of pyridine rings is 1. The fraction of sp³-hybridized carbons (Fsp3) is 0.583. The summed E-state index contributed by atoms with van der Waals surface area (Å²) in [5, 5.41) is 3.39. The number of nitrogens with one attached hydrogen (secondary N) is 1. The molecule has 0 aliphatic carbocycles. The van der Waals surface area contributed by atoms with Gasteiger partial charge in [0.2, 0.25) is 0 Å². The van der Waals surface area contributed by atoms with Crippen LogP contribution in [0.5, 0.6) is 5.75 Å². The van der Waals surface area contributed by atoms with Gasteiger partial charge in [0, 0.05) is 11.3 Å². The number of hydrogen-bond donors (Lipinski definition) is 1. The molecule has 0 saturated carbocycles. The van der Waals surface area contributed by atoms with Crippen molar-refractivity contribution >= 4 is 17.6 Å². The van der Waals surface area contributed by atoms with Gasteiger partial charge in [-0.25, -0.2) is 4.98 Å². The highest BCUT2D eigenvalue weighted by atomic mass is 32.2. The topological polar surface area (TPSA) is 34.1 Å². The van der Waals surface area contributed by atoms with E-state index in [1.807, 2.05) is 12.1 Å². The number of rotatable bonds is 4. The Hall–Kier alpha value is -0.900. The molecule has 1 fully saturated rings. The van der Waals surface area contributed by atoms with E-state index < -0.39 is 0 Å². The molecule has 1 atom stereocenters. The predicted octanol–water partition coefficient (Wildman–Crippen LogP) is 2.79. The fourth-order valence-corrected chi connectivity index (χ4v) is 3.10. The minimum absolute atomic E-state index is 0.377. The smallest absolute Gasteiger partial charge is 0.137 e. The van der Waals surface area contributed by atoms with E-state index in [1.165, 1.54) is 18.6 Å². The zero-order valence-electron chi connectivity index (χ0n) is 9.82. The summed E-state index contributed by atoms with van der Waals surface area (Å²) in [5.41, 5.74) is 0. The van der Waals surface area contributed by atoms with E-state index in [9.17, 15) is 0 Å². The normalized spacial score (nSPS) is 24.4. The van der Waals surface area contributed by atoms with Crippen molar-refractivity contribution in [3.8, 4) is 5.75 Å². The molecule has 1 aromatic heterocycles. The maximum atomic E-state index is 5.07. The summed E-state index contributed by atoms with van der Waals surface area (Å²) in [6, 6.07) is 3.89. The Morgan fingerprint density at radius 1 is 1.56 bits per heavy atom. The van der Waals surface area contributed by atoms with Gasteiger partial charge in [0.15, 0.2) is 0 Å². The van der Waals surface area contributed by atoms with Crippen LogP contribution >= 0.6 is 11.8 Å². The Labute approximate surface area is 101 Å². The van der Waals surface area contributed by atoms with E-state index in [4.69, 9.17) is 4.74 Å². The van der Waals surface area contributed by atoms with Gasteiger partial charge in [-0.05, 0) is 37.7 Å². The molecule has 1 saturated heterocycles. The van der Waals surface area contributed by atoms with Crippen LogP contribution < -0.4 is 10.1 Å². The lowest BCUT2D eigenvalue weighted by atomic mass is 10.1. The molecule has 1 aliphatic heterocycles. The molecule has 3 nitrogen and oxygen atoms in total. The number of hydrogen-bond acceptors (Lipinski definition) is 4. The monoisotopic (exact) mass is 238 g/mol. The van der Waals surface area contributed by atoms with Crippen LogP contribution in [-0.2, 0) is 0 Å². The number of thioether (sulfide) groups is 1. The van der Waals surface area contributed by atoms with Gasteiger partial charge in [-0.3, -0.25) is 0 Å². The van der Waals surface area contributed by atoms with Gasteiger partial charge in [0.05, 0.1) is 13.3 Å². The van der Waals surface area contributed by atoms with Gasteiger partial charge >= 0.3 is 0 Å². The molecule has 88 valence electrons. The Bertz CT molecular complexity index is 333. The summed E-state index contributed by atoms with van der Waals surface area (Å²) in [7, 11) is 1.65. The second-order valence-corrected chi connectivity index (χ2v) is 6.02. The van der Waals surface area contributed by atoms with Crippen molar-refractivity contribution < 1.29 is 4.74 Å². The lowest BCUT2D eigenvalue weighted by Gasteiger charge is -2.23. The Kier molecular flexibility index (Phi) is 3.59. The van der Waals surface area contributed by atoms with E-state index in [2.05, 4.69) is 29.0 Å². The number of anilines is 1. The van der Waals surface area contributed by atoms with Crippen LogP contribution in [0.2, 0.25) is 0 Å². The molecule has 0 radical (unpaired) electrons. The third-order valence-electron chi connectivity index (χ3n) is 2.92. The highest BCUT2D eigenvalue weighted by molar-refractivity contribution is 8.00. The highest BCUT2D eigenvalue weighted by Gasteiger charge is 2.29. The first-order valence-electron chi connectivity index (χ1n) is 5.60. The lowest BCUT2D eigenvalue weighted by molar-refractivity contribution is 0.413. The minimum Gasteiger partial charge on any atom is -0.495 e. The second kappa shape index (κ2) is 4.95. The van der Waals surface area contributed by atoms with Crippen LogP contribution in [0.4, 0.5) is 5.82 Å². The van der Waals surface area contributed by atoms with Gasteiger partial charge in [-0.15, -0.1) is 0 Å². The molecule has 1 N–H and O–H groups in total. The SMILES string of the molecule is COc1ccc(NCC2(C)CCCS2)nc1. The molecule has 4 heteroatoms. The van der Waals surface area contributed by atoms with Gasteiger partial charge in [-0.2, -0.15) is 11.8 Å². The summed E-state index contributed by atoms with van der Waals surface area (Å²) >= 11 is 2.06. The molecule has 0 bridgehead atoms. The van der Waals surface area contributed by atoms with Crippen molar-refractivity contribution in [1.82, 2.24) is 4.98 Å². The highest BCUT2D eigenvalue weighted by Crippen LogP contribution is 2.37. The second-order valence-electron chi connectivity index (χ2n) is 4.34. The number of ether oxygens (including phenoxy) is 1. The Balaban J connectivity index is 1.89. The van der Waals surface area contributed by atoms with Crippen molar-refractivity contribution in [2.45, 2.75) is 24.5 Å². The minimum atomic E-state index is 0.377. The maximum absolute atomic E-state index is 5.07. The summed E-state index contributed by atoms with van der Waals surface area (Å²) < 4.78 is 5.45. The van der Waals surface area contributed by atoms with Crippen molar-refractivity contribution in [3.63, 3.8) is 0 Å². The first-order chi connectivity index (χ1) is 7.72. The number of methoxy groups -OCH3 is 1. The largest absolute Gasteiger partial charge is 0.495 e. The molecule has 2 heterocycles. The van der Waals surface area contributed by atoms with Gasteiger partial charge in [0.1, 0.15) is 11.6 Å². The predicted molar refractivity (Wildman–Crippen MR) is 69.4 cm³/mol. The van der Waals surface area contributed by atoms with Crippen molar-refractivity contribution in [1.29, 1.82) is 0 Å². The first kappa shape index (κ1) is 11.6. The van der Waals surface area contributed by atoms with Crippen molar-refractivity contribution in [3.05, 3.63) is 18.3 Å². The van der Waals surface area contributed by atoms with Gasteiger partial charge in [-0.1, -0.05) is 0 Å². The van der Waals surface area contributed by atoms with Crippen LogP contribution in [-0.4, -0.2) is 29.1 Å². The Morgan fingerprint density at radius 3 is 3.00 bits per heavy atom. The van der Waals surface area contributed by atoms with E-state index >= 15 is 0 Å². The molecular formula is C12H18N2OS. The molecule has 0 spiro atoms. The zero-order chi connectivity index (χ0) is 11.4. The van der Waals surface area contributed by atoms with Gasteiger partial charge < -0.3 is 10.1 Å². The molecular weight excluding hydrogens is 220 g/mol. The summed E-state index contributed by atoms with van der Waals surface area (Å²) in [5.74, 6) is 3.01. The van der Waals surface area contributed by atoms with Crippen molar-refractivity contribution in [2.24, 2.45) is 0 Å². The molecule has 0 amide bonds. The first-order valence-corrected chi connectivity index (χ1v) is 6.58. The average Bonchev–Trinajstić information content (AvgIpc) is 2.75. The van der Waals surface area contributed by atoms with Crippen LogP contribution in [0.15, 0.2) is 18.3 Å². The van der Waals surface area contributed by atoms with E-state index in [1.54, 1.807) is 13.3 Å². The fourth-order valence-electron chi connectivity index (χ4n) is 1.86. The summed E-state index contributed by atoms with van der Waals surface area (Å²) in [6.07, 6.45) is 4.37. The summed E-state index contributed by atoms with van der Waals surface area (Å²) in [4.78, 5) is 4.30. The standard InChI is InChI=1S/C12H18N2OS/c1-12(6-3-7-16-12)9-14-11-5-4-10(15-2)8-13-11/h4-5,8H,3,6-7,9H2,1-2H3,(H,13,14). The molecule has 1 unspecified atom stereocenters. The van der Waals surface area contributed by atoms with Crippen LogP contribution in [0.25, 0.3) is 0 Å². The molecule has 2 rings (SSSR count). The zero-order valence-corrected chi connectivity index (χ0v) is 10.6. The number of nitrogens with zero attached hydrogens (tertiary/aromatic N) is 1. The van der Waals surface area contributed by atoms with Crippen LogP contribution in [0.1, 0.15) is 19.8 Å². The van der Waals surface area contributed by atoms with Crippen LogP contribution in [0.3, 0.4) is 0 Å². The average molecular weight is 238 g/mol. The molecule has 16 heavy (non-hydrogen) atoms. The molecule has 0 aromatic carbocycles. The van der Waals surface area contributed by atoms with E-state index in [0.29, 0.717) is 4.75 Å². The molecule has 1 aliphatic rings. The molecule has 1 aromatic rings. The van der Waals surface area contributed by atoms with Crippen molar-refractivity contribution in [2.75, 3.05) is 24.7 Å². The third kappa shape index (κ3) is 2.82.